The molecule has 0 aliphatic carbocycles. The Bertz CT molecular complexity index is 430. The van der Waals surface area contributed by atoms with Crippen molar-refractivity contribution in [1.82, 2.24) is 9.80 Å². The second-order valence-electron chi connectivity index (χ2n) is 5.55. The van der Waals surface area contributed by atoms with Crippen molar-refractivity contribution in [2.45, 2.75) is 18.9 Å². The van der Waals surface area contributed by atoms with Crippen LogP contribution in [0.2, 0.25) is 0 Å². The van der Waals surface area contributed by atoms with Crippen molar-refractivity contribution in [1.29, 1.82) is 0 Å². The SMILES string of the molecule is NC(CO)C(=O)N1CCN(CCCc2ccccc2)CC1. The van der Waals surface area contributed by atoms with Gasteiger partial charge in [0, 0.05) is 26.2 Å². The molecule has 1 aliphatic heterocycles. The number of hydrogen-bond donors (Lipinski definition) is 2. The molecule has 0 spiro atoms. The molecule has 0 aromatic heterocycles. The topological polar surface area (TPSA) is 69.8 Å². The van der Waals surface area contributed by atoms with E-state index in [-0.39, 0.29) is 12.5 Å². The summed E-state index contributed by atoms with van der Waals surface area (Å²) in [4.78, 5) is 16.0. The minimum absolute atomic E-state index is 0.138. The molecule has 5 nitrogen and oxygen atoms in total. The highest BCUT2D eigenvalue weighted by Gasteiger charge is 2.24. The summed E-state index contributed by atoms with van der Waals surface area (Å²) in [6.07, 6.45) is 2.23. The third-order valence-electron chi connectivity index (χ3n) is 3.98. The molecule has 0 bridgehead atoms. The van der Waals surface area contributed by atoms with Gasteiger partial charge in [0.2, 0.25) is 5.91 Å². The lowest BCUT2D eigenvalue weighted by Gasteiger charge is -2.35. The van der Waals surface area contributed by atoms with Gasteiger partial charge in [0.05, 0.1) is 6.61 Å². The summed E-state index contributed by atoms with van der Waals surface area (Å²) in [5, 5.41) is 8.93. The van der Waals surface area contributed by atoms with E-state index in [4.69, 9.17) is 10.8 Å². The highest BCUT2D eigenvalue weighted by Crippen LogP contribution is 2.07. The maximum atomic E-state index is 11.9. The van der Waals surface area contributed by atoms with Crippen LogP contribution >= 0.6 is 0 Å². The van der Waals surface area contributed by atoms with Gasteiger partial charge in [0.25, 0.3) is 0 Å². The Balaban J connectivity index is 1.66. The summed E-state index contributed by atoms with van der Waals surface area (Å²) in [5.41, 5.74) is 6.95. The monoisotopic (exact) mass is 291 g/mol. The van der Waals surface area contributed by atoms with E-state index in [0.717, 1.165) is 32.5 Å². The molecule has 1 heterocycles. The number of nitrogens with zero attached hydrogens (tertiary/aromatic N) is 2. The van der Waals surface area contributed by atoms with Gasteiger partial charge in [-0.25, -0.2) is 0 Å². The van der Waals surface area contributed by atoms with Crippen LogP contribution in [0.15, 0.2) is 30.3 Å². The summed E-state index contributed by atoms with van der Waals surface area (Å²) >= 11 is 0. The highest BCUT2D eigenvalue weighted by molar-refractivity contribution is 5.81. The smallest absolute Gasteiger partial charge is 0.241 e. The predicted molar refractivity (Wildman–Crippen MR) is 82.8 cm³/mol. The zero-order chi connectivity index (χ0) is 15.1. The second kappa shape index (κ2) is 8.12. The van der Waals surface area contributed by atoms with Gasteiger partial charge in [-0.05, 0) is 24.9 Å². The molecular weight excluding hydrogens is 266 g/mol. The van der Waals surface area contributed by atoms with Crippen molar-refractivity contribution in [2.24, 2.45) is 5.73 Å². The number of rotatable bonds is 6. The average Bonchev–Trinajstić information content (AvgIpc) is 2.55. The van der Waals surface area contributed by atoms with Crippen molar-refractivity contribution in [3.8, 4) is 0 Å². The number of benzene rings is 1. The van der Waals surface area contributed by atoms with Gasteiger partial charge >= 0.3 is 0 Å². The highest BCUT2D eigenvalue weighted by atomic mass is 16.3. The lowest BCUT2D eigenvalue weighted by atomic mass is 10.1. The molecule has 2 rings (SSSR count). The number of hydrogen-bond acceptors (Lipinski definition) is 4. The lowest BCUT2D eigenvalue weighted by molar-refractivity contribution is -0.135. The molecule has 1 unspecified atom stereocenters. The average molecular weight is 291 g/mol. The van der Waals surface area contributed by atoms with Gasteiger partial charge in [-0.2, -0.15) is 0 Å². The molecule has 0 radical (unpaired) electrons. The van der Waals surface area contributed by atoms with Crippen LogP contribution < -0.4 is 5.73 Å². The number of aliphatic hydroxyl groups excluding tert-OH is 1. The van der Waals surface area contributed by atoms with Crippen molar-refractivity contribution in [3.05, 3.63) is 35.9 Å². The predicted octanol–water partition coefficient (Wildman–Crippen LogP) is 0.0830. The summed E-state index contributed by atoms with van der Waals surface area (Å²) in [7, 11) is 0. The van der Waals surface area contributed by atoms with Crippen molar-refractivity contribution < 1.29 is 9.90 Å². The van der Waals surface area contributed by atoms with Crippen molar-refractivity contribution in [3.63, 3.8) is 0 Å². The molecule has 1 fully saturated rings. The molecule has 116 valence electrons. The van der Waals surface area contributed by atoms with E-state index in [1.165, 1.54) is 5.56 Å². The number of piperazine rings is 1. The lowest BCUT2D eigenvalue weighted by Crippen LogP contribution is -2.54. The summed E-state index contributed by atoms with van der Waals surface area (Å²) in [6, 6.07) is 9.74. The number of nitrogens with two attached hydrogens (primary N) is 1. The van der Waals surface area contributed by atoms with E-state index in [1.807, 2.05) is 6.07 Å². The van der Waals surface area contributed by atoms with Gasteiger partial charge in [0.1, 0.15) is 6.04 Å². The minimum Gasteiger partial charge on any atom is -0.394 e. The molecule has 5 heteroatoms. The Morgan fingerprint density at radius 1 is 1.19 bits per heavy atom. The Morgan fingerprint density at radius 3 is 2.48 bits per heavy atom. The normalized spacial score (nSPS) is 17.7. The molecule has 1 amide bonds. The van der Waals surface area contributed by atoms with Crippen LogP contribution in [0.25, 0.3) is 0 Å². The third-order valence-corrected chi connectivity index (χ3v) is 3.98. The number of aryl methyl sites for hydroxylation is 1. The van der Waals surface area contributed by atoms with Crippen LogP contribution in [-0.2, 0) is 11.2 Å². The first kappa shape index (κ1) is 15.9. The fourth-order valence-electron chi connectivity index (χ4n) is 2.66. The molecule has 1 aromatic rings. The zero-order valence-corrected chi connectivity index (χ0v) is 12.4. The van der Waals surface area contributed by atoms with Crippen molar-refractivity contribution >= 4 is 5.91 Å². The quantitative estimate of drug-likeness (QED) is 0.779. The van der Waals surface area contributed by atoms with Crippen LogP contribution in [0.3, 0.4) is 0 Å². The van der Waals surface area contributed by atoms with Crippen LogP contribution in [0.4, 0.5) is 0 Å². The number of amides is 1. The van der Waals surface area contributed by atoms with E-state index >= 15 is 0 Å². The first-order chi connectivity index (χ1) is 10.2. The fraction of sp³-hybridized carbons (Fsp3) is 0.562. The van der Waals surface area contributed by atoms with E-state index in [9.17, 15) is 4.79 Å². The fourth-order valence-corrected chi connectivity index (χ4v) is 2.66. The van der Waals surface area contributed by atoms with Gasteiger partial charge in [-0.3, -0.25) is 9.69 Å². The molecule has 1 aromatic carbocycles. The Hall–Kier alpha value is -1.43. The molecular formula is C16H25N3O2. The summed E-state index contributed by atoms with van der Waals surface area (Å²) in [6.45, 7) is 3.96. The van der Waals surface area contributed by atoms with E-state index < -0.39 is 6.04 Å². The molecule has 0 saturated carbocycles. The zero-order valence-electron chi connectivity index (χ0n) is 12.4. The summed E-state index contributed by atoms with van der Waals surface area (Å²) < 4.78 is 0. The molecule has 3 N–H and O–H groups in total. The van der Waals surface area contributed by atoms with Crippen molar-refractivity contribution in [2.75, 3.05) is 39.3 Å². The summed E-state index contributed by atoms with van der Waals surface area (Å²) in [5.74, 6) is -0.138. The van der Waals surface area contributed by atoms with Crippen LogP contribution in [0, 0.1) is 0 Å². The Labute approximate surface area is 126 Å². The molecule has 1 saturated heterocycles. The van der Waals surface area contributed by atoms with E-state index in [1.54, 1.807) is 4.90 Å². The van der Waals surface area contributed by atoms with Gasteiger partial charge in [-0.15, -0.1) is 0 Å². The second-order valence-corrected chi connectivity index (χ2v) is 5.55. The third kappa shape index (κ3) is 4.81. The number of carbonyl (C=O) groups excluding carboxylic acids is 1. The largest absolute Gasteiger partial charge is 0.394 e. The van der Waals surface area contributed by atoms with E-state index in [2.05, 4.69) is 29.2 Å². The molecule has 21 heavy (non-hydrogen) atoms. The number of carbonyl (C=O) groups is 1. The first-order valence-electron chi connectivity index (χ1n) is 7.62. The van der Waals surface area contributed by atoms with E-state index in [0.29, 0.717) is 13.1 Å². The van der Waals surface area contributed by atoms with Gasteiger partial charge in [-0.1, -0.05) is 30.3 Å². The first-order valence-corrected chi connectivity index (χ1v) is 7.62. The van der Waals surface area contributed by atoms with Gasteiger partial charge in [0.15, 0.2) is 0 Å². The van der Waals surface area contributed by atoms with Gasteiger partial charge < -0.3 is 15.7 Å². The van der Waals surface area contributed by atoms with Crippen LogP contribution in [-0.4, -0.2) is 66.2 Å². The maximum absolute atomic E-state index is 11.9. The Morgan fingerprint density at radius 2 is 1.86 bits per heavy atom. The Kier molecular flexibility index (Phi) is 6.17. The number of aliphatic hydroxyl groups is 1. The molecule has 1 atom stereocenters. The minimum atomic E-state index is -0.769. The van der Waals surface area contributed by atoms with Crippen LogP contribution in [0.1, 0.15) is 12.0 Å². The molecule has 1 aliphatic rings. The maximum Gasteiger partial charge on any atom is 0.241 e. The van der Waals surface area contributed by atoms with Crippen LogP contribution in [0.5, 0.6) is 0 Å². The standard InChI is InChI=1S/C16H25N3O2/c17-15(13-20)16(21)19-11-9-18(10-12-19)8-4-7-14-5-2-1-3-6-14/h1-3,5-6,15,20H,4,7-13,17H2.